The number of carbonyl (C=O) groups is 2. The minimum Gasteiger partial charge on any atom is -0.273 e. The van der Waals surface area contributed by atoms with Crippen molar-refractivity contribution in [2.24, 2.45) is 0 Å². The maximum atomic E-state index is 11.2. The molecule has 0 bridgehead atoms. The second kappa shape index (κ2) is 5.35. The van der Waals surface area contributed by atoms with Crippen LogP contribution in [0.2, 0.25) is 0 Å². The number of allylic oxidation sites excluding steroid dienone is 1. The van der Waals surface area contributed by atoms with Crippen LogP contribution in [0.5, 0.6) is 0 Å². The molecule has 0 aromatic rings. The molecule has 2 amide bonds. The van der Waals surface area contributed by atoms with Crippen molar-refractivity contribution in [3.8, 4) is 0 Å². The van der Waals surface area contributed by atoms with Crippen LogP contribution in [0.1, 0.15) is 34.1 Å². The van der Waals surface area contributed by atoms with Crippen molar-refractivity contribution < 1.29 is 9.59 Å². The van der Waals surface area contributed by atoms with E-state index in [9.17, 15) is 9.59 Å². The highest BCUT2D eigenvalue weighted by molar-refractivity contribution is 5.94. The third kappa shape index (κ3) is 4.30. The Labute approximate surface area is 78.4 Å². The summed E-state index contributed by atoms with van der Waals surface area (Å²) in [7, 11) is 0. The average Bonchev–Trinajstić information content (AvgIpc) is 2.11. The van der Waals surface area contributed by atoms with Gasteiger partial charge in [0.2, 0.25) is 5.91 Å². The van der Waals surface area contributed by atoms with E-state index in [1.807, 2.05) is 13.8 Å². The Morgan fingerprint density at radius 1 is 1.08 bits per heavy atom. The molecular weight excluding hydrogens is 168 g/mol. The third-order valence-electron chi connectivity index (χ3n) is 1.73. The first-order valence-corrected chi connectivity index (χ1v) is 4.22. The van der Waals surface area contributed by atoms with Crippen LogP contribution in [0.15, 0.2) is 11.1 Å². The molecule has 0 aliphatic rings. The molecule has 74 valence electrons. The second-order valence-corrected chi connectivity index (χ2v) is 2.98. The van der Waals surface area contributed by atoms with Crippen LogP contribution in [-0.2, 0) is 9.59 Å². The van der Waals surface area contributed by atoms with E-state index in [2.05, 4.69) is 10.9 Å². The van der Waals surface area contributed by atoms with Crippen molar-refractivity contribution in [1.82, 2.24) is 10.9 Å². The van der Waals surface area contributed by atoms with Crippen LogP contribution < -0.4 is 10.9 Å². The number of amides is 2. The van der Waals surface area contributed by atoms with Gasteiger partial charge in [-0.3, -0.25) is 20.4 Å². The Bertz CT molecular complexity index is 240. The summed E-state index contributed by atoms with van der Waals surface area (Å²) in [5, 5.41) is 0. The molecule has 4 heteroatoms. The second-order valence-electron chi connectivity index (χ2n) is 2.98. The van der Waals surface area contributed by atoms with Gasteiger partial charge in [0.1, 0.15) is 0 Å². The zero-order chi connectivity index (χ0) is 10.4. The molecule has 0 aliphatic heterocycles. The Kier molecular flexibility index (Phi) is 4.80. The van der Waals surface area contributed by atoms with E-state index in [0.717, 1.165) is 5.57 Å². The van der Waals surface area contributed by atoms with Crippen LogP contribution in [0.4, 0.5) is 0 Å². The number of hydrogen-bond donors (Lipinski definition) is 2. The van der Waals surface area contributed by atoms with E-state index in [1.165, 1.54) is 0 Å². The molecule has 0 atom stereocenters. The van der Waals surface area contributed by atoms with Gasteiger partial charge in [0, 0.05) is 12.0 Å². The first-order valence-electron chi connectivity index (χ1n) is 4.22. The lowest BCUT2D eigenvalue weighted by molar-refractivity contribution is -0.126. The van der Waals surface area contributed by atoms with Gasteiger partial charge in [-0.1, -0.05) is 12.5 Å². The van der Waals surface area contributed by atoms with Gasteiger partial charge in [-0.05, 0) is 20.8 Å². The summed E-state index contributed by atoms with van der Waals surface area (Å²) >= 11 is 0. The molecule has 13 heavy (non-hydrogen) atoms. The van der Waals surface area contributed by atoms with Crippen molar-refractivity contribution in [2.75, 3.05) is 0 Å². The standard InChI is InChI=1S/C9H16N2O2/c1-5-8(12)10-11-9(13)7(4)6(2)3/h5H2,1-4H3,(H,10,12)(H,11,13). The van der Waals surface area contributed by atoms with Crippen LogP contribution in [0.25, 0.3) is 0 Å². The normalized spacial score (nSPS) is 8.92. The highest BCUT2D eigenvalue weighted by Crippen LogP contribution is 2.00. The van der Waals surface area contributed by atoms with E-state index in [0.29, 0.717) is 12.0 Å². The molecule has 4 nitrogen and oxygen atoms in total. The highest BCUT2D eigenvalue weighted by Gasteiger charge is 2.05. The number of nitrogens with one attached hydrogen (secondary N) is 2. The molecule has 0 saturated carbocycles. The van der Waals surface area contributed by atoms with Gasteiger partial charge < -0.3 is 0 Å². The predicted octanol–water partition coefficient (Wildman–Crippen LogP) is 0.900. The van der Waals surface area contributed by atoms with Crippen LogP contribution in [0.3, 0.4) is 0 Å². The van der Waals surface area contributed by atoms with Gasteiger partial charge in [-0.2, -0.15) is 0 Å². The quantitative estimate of drug-likeness (QED) is 0.495. The Morgan fingerprint density at radius 2 is 1.62 bits per heavy atom. The van der Waals surface area contributed by atoms with Crippen molar-refractivity contribution >= 4 is 11.8 Å². The topological polar surface area (TPSA) is 58.2 Å². The first-order chi connectivity index (χ1) is 5.99. The SMILES string of the molecule is CCC(=O)NNC(=O)C(C)=C(C)C. The Balaban J connectivity index is 4.04. The lowest BCUT2D eigenvalue weighted by Crippen LogP contribution is -2.41. The fourth-order valence-corrected chi connectivity index (χ4v) is 0.536. The van der Waals surface area contributed by atoms with Crippen molar-refractivity contribution in [1.29, 1.82) is 0 Å². The maximum absolute atomic E-state index is 11.2. The Hall–Kier alpha value is -1.32. The van der Waals surface area contributed by atoms with Gasteiger partial charge in [-0.25, -0.2) is 0 Å². The average molecular weight is 184 g/mol. The van der Waals surface area contributed by atoms with E-state index < -0.39 is 0 Å². The van der Waals surface area contributed by atoms with Gasteiger partial charge in [-0.15, -0.1) is 0 Å². The largest absolute Gasteiger partial charge is 0.273 e. The fourth-order valence-electron chi connectivity index (χ4n) is 0.536. The molecule has 2 N–H and O–H groups in total. The van der Waals surface area contributed by atoms with E-state index in [-0.39, 0.29) is 11.8 Å². The third-order valence-corrected chi connectivity index (χ3v) is 1.73. The first kappa shape index (κ1) is 11.7. The smallest absolute Gasteiger partial charge is 0.265 e. The molecule has 0 radical (unpaired) electrons. The molecule has 0 fully saturated rings. The number of carbonyl (C=O) groups excluding carboxylic acids is 2. The summed E-state index contributed by atoms with van der Waals surface area (Å²) in [5.74, 6) is -0.461. The summed E-state index contributed by atoms with van der Waals surface area (Å²) in [6.07, 6.45) is 0.355. The number of hydrogen-bond acceptors (Lipinski definition) is 2. The maximum Gasteiger partial charge on any atom is 0.265 e. The summed E-state index contributed by atoms with van der Waals surface area (Å²) in [6.45, 7) is 7.12. The Morgan fingerprint density at radius 3 is 2.00 bits per heavy atom. The fraction of sp³-hybridized carbons (Fsp3) is 0.556. The summed E-state index contributed by atoms with van der Waals surface area (Å²) in [5.41, 5.74) is 6.17. The van der Waals surface area contributed by atoms with Gasteiger partial charge >= 0.3 is 0 Å². The lowest BCUT2D eigenvalue weighted by Gasteiger charge is -2.06. The number of rotatable bonds is 2. The molecule has 0 unspecified atom stereocenters. The van der Waals surface area contributed by atoms with Gasteiger partial charge in [0.25, 0.3) is 5.91 Å². The molecule has 0 aromatic heterocycles. The van der Waals surface area contributed by atoms with Crippen LogP contribution >= 0.6 is 0 Å². The monoisotopic (exact) mass is 184 g/mol. The summed E-state index contributed by atoms with van der Waals surface area (Å²) in [6, 6.07) is 0. The molecule has 0 spiro atoms. The van der Waals surface area contributed by atoms with E-state index in [4.69, 9.17) is 0 Å². The van der Waals surface area contributed by atoms with Crippen LogP contribution in [-0.4, -0.2) is 11.8 Å². The molecule has 0 rings (SSSR count). The highest BCUT2D eigenvalue weighted by atomic mass is 16.2. The molecule has 0 aromatic carbocycles. The lowest BCUT2D eigenvalue weighted by atomic mass is 10.2. The molecule has 0 aliphatic carbocycles. The summed E-state index contributed by atoms with van der Waals surface area (Å²) in [4.78, 5) is 22.0. The van der Waals surface area contributed by atoms with Gasteiger partial charge in [0.05, 0.1) is 0 Å². The van der Waals surface area contributed by atoms with Crippen molar-refractivity contribution in [3.05, 3.63) is 11.1 Å². The van der Waals surface area contributed by atoms with Gasteiger partial charge in [0.15, 0.2) is 0 Å². The zero-order valence-corrected chi connectivity index (χ0v) is 8.52. The van der Waals surface area contributed by atoms with E-state index in [1.54, 1.807) is 13.8 Å². The molecular formula is C9H16N2O2. The van der Waals surface area contributed by atoms with Crippen molar-refractivity contribution in [2.45, 2.75) is 34.1 Å². The van der Waals surface area contributed by atoms with Crippen molar-refractivity contribution in [3.63, 3.8) is 0 Å². The number of hydrazine groups is 1. The molecule has 0 saturated heterocycles. The minimum absolute atomic E-state index is 0.199. The zero-order valence-electron chi connectivity index (χ0n) is 8.52. The van der Waals surface area contributed by atoms with E-state index >= 15 is 0 Å². The van der Waals surface area contributed by atoms with Crippen LogP contribution in [0, 0.1) is 0 Å². The predicted molar refractivity (Wildman–Crippen MR) is 50.6 cm³/mol. The minimum atomic E-state index is -0.262. The molecule has 0 heterocycles. The summed E-state index contributed by atoms with van der Waals surface area (Å²) < 4.78 is 0.